The first-order chi connectivity index (χ1) is 13.6. The Balaban J connectivity index is 1.90. The number of nitrogens with zero attached hydrogens (tertiary/aromatic N) is 1. The van der Waals surface area contributed by atoms with Crippen LogP contribution in [-0.4, -0.2) is 16.5 Å². The lowest BCUT2D eigenvalue weighted by Gasteiger charge is -2.25. The van der Waals surface area contributed by atoms with Crippen LogP contribution in [0.1, 0.15) is 42.1 Å². The van der Waals surface area contributed by atoms with Crippen molar-refractivity contribution in [1.82, 2.24) is 0 Å². The van der Waals surface area contributed by atoms with Crippen LogP contribution in [0.2, 0.25) is 0 Å². The molecule has 0 radical (unpaired) electrons. The summed E-state index contributed by atoms with van der Waals surface area (Å²) in [5, 5.41) is 0. The zero-order valence-electron chi connectivity index (χ0n) is 16.7. The Morgan fingerprint density at radius 3 is 1.96 bits per heavy atom. The highest BCUT2D eigenvalue weighted by atomic mass is 16.5. The van der Waals surface area contributed by atoms with E-state index < -0.39 is 0 Å². The van der Waals surface area contributed by atoms with Crippen molar-refractivity contribution in [3.8, 4) is 0 Å². The molecule has 1 heterocycles. The first kappa shape index (κ1) is 18.2. The SMILES string of the molecule is Cc1ccc(C2=[N+](C(C)C)C(c3ccccc3)C=C(c3ccccc3)O2)cc1. The van der Waals surface area contributed by atoms with Crippen molar-refractivity contribution in [3.05, 3.63) is 113 Å². The molecule has 0 spiro atoms. The van der Waals surface area contributed by atoms with E-state index in [2.05, 4.69) is 110 Å². The van der Waals surface area contributed by atoms with E-state index >= 15 is 0 Å². The minimum Gasteiger partial charge on any atom is -0.404 e. The molecule has 140 valence electrons. The first-order valence-electron chi connectivity index (χ1n) is 9.86. The molecular weight excluding hydrogens is 342 g/mol. The van der Waals surface area contributed by atoms with Crippen LogP contribution in [0, 0.1) is 6.92 Å². The van der Waals surface area contributed by atoms with Crippen molar-refractivity contribution in [2.75, 3.05) is 0 Å². The summed E-state index contributed by atoms with van der Waals surface area (Å²) in [6, 6.07) is 30.0. The lowest BCUT2D eigenvalue weighted by molar-refractivity contribution is -0.597. The van der Waals surface area contributed by atoms with Gasteiger partial charge in [0.2, 0.25) is 6.04 Å². The summed E-state index contributed by atoms with van der Waals surface area (Å²) >= 11 is 0. The van der Waals surface area contributed by atoms with Crippen molar-refractivity contribution in [1.29, 1.82) is 0 Å². The second-order valence-corrected chi connectivity index (χ2v) is 7.53. The highest BCUT2D eigenvalue weighted by Gasteiger charge is 2.36. The molecular formula is C26H26NO+. The Bertz CT molecular complexity index is 999. The molecule has 3 aromatic carbocycles. The number of benzene rings is 3. The van der Waals surface area contributed by atoms with E-state index in [0.29, 0.717) is 0 Å². The van der Waals surface area contributed by atoms with Gasteiger partial charge in [-0.3, -0.25) is 0 Å². The molecule has 1 aliphatic heterocycles. The molecule has 0 aromatic heterocycles. The standard InChI is InChI=1S/C26H26NO/c1-19(2)27-24(21-10-6-4-7-11-21)18-25(22-12-8-5-9-13-22)28-26(27)23-16-14-20(3)15-17-23/h4-19,24H,1-3H3/q+1. The number of ether oxygens (including phenoxy) is 1. The summed E-state index contributed by atoms with van der Waals surface area (Å²) in [4.78, 5) is 0. The van der Waals surface area contributed by atoms with Crippen LogP contribution in [0.15, 0.2) is 91.0 Å². The number of hydrogen-bond acceptors (Lipinski definition) is 1. The largest absolute Gasteiger partial charge is 0.404 e. The van der Waals surface area contributed by atoms with Gasteiger partial charge in [-0.1, -0.05) is 78.4 Å². The molecule has 4 rings (SSSR count). The predicted octanol–water partition coefficient (Wildman–Crippen LogP) is 5.98. The topological polar surface area (TPSA) is 12.2 Å². The maximum absolute atomic E-state index is 6.53. The van der Waals surface area contributed by atoms with Crippen molar-refractivity contribution in [2.24, 2.45) is 0 Å². The van der Waals surface area contributed by atoms with E-state index in [0.717, 1.165) is 22.8 Å². The third kappa shape index (κ3) is 3.63. The van der Waals surface area contributed by atoms with Crippen molar-refractivity contribution in [3.63, 3.8) is 0 Å². The zero-order chi connectivity index (χ0) is 19.5. The quantitative estimate of drug-likeness (QED) is 0.516. The van der Waals surface area contributed by atoms with E-state index in [9.17, 15) is 0 Å². The molecule has 1 aliphatic rings. The van der Waals surface area contributed by atoms with Gasteiger partial charge in [0, 0.05) is 17.2 Å². The third-order valence-electron chi connectivity index (χ3n) is 5.10. The van der Waals surface area contributed by atoms with Crippen LogP contribution in [-0.2, 0) is 4.74 Å². The fraction of sp³-hybridized carbons (Fsp3) is 0.192. The van der Waals surface area contributed by atoms with Crippen molar-refractivity contribution < 1.29 is 9.31 Å². The van der Waals surface area contributed by atoms with Gasteiger partial charge < -0.3 is 4.74 Å². The molecule has 0 saturated heterocycles. The van der Waals surface area contributed by atoms with Crippen LogP contribution < -0.4 is 0 Å². The Labute approximate surface area is 167 Å². The first-order valence-corrected chi connectivity index (χ1v) is 9.86. The van der Waals surface area contributed by atoms with Gasteiger partial charge in [-0.25, -0.2) is 0 Å². The molecule has 1 atom stereocenters. The Hall–Kier alpha value is -3.13. The van der Waals surface area contributed by atoms with Gasteiger partial charge in [0.25, 0.3) is 0 Å². The zero-order valence-corrected chi connectivity index (χ0v) is 16.7. The maximum atomic E-state index is 6.53. The Morgan fingerprint density at radius 1 is 0.750 bits per heavy atom. The molecule has 3 aromatic rings. The minimum absolute atomic E-state index is 0.112. The third-order valence-corrected chi connectivity index (χ3v) is 5.10. The lowest BCUT2D eigenvalue weighted by Crippen LogP contribution is -2.35. The fourth-order valence-electron chi connectivity index (χ4n) is 3.67. The highest BCUT2D eigenvalue weighted by Crippen LogP contribution is 2.32. The molecule has 0 bridgehead atoms. The van der Waals surface area contributed by atoms with Gasteiger partial charge in [0.15, 0.2) is 6.04 Å². The smallest absolute Gasteiger partial charge is 0.376 e. The minimum atomic E-state index is 0.112. The number of aryl methyl sites for hydroxylation is 1. The summed E-state index contributed by atoms with van der Waals surface area (Å²) in [6.07, 6.45) is 2.24. The van der Waals surface area contributed by atoms with Crippen molar-refractivity contribution in [2.45, 2.75) is 32.9 Å². The predicted molar refractivity (Wildman–Crippen MR) is 115 cm³/mol. The molecule has 0 amide bonds. The average Bonchev–Trinajstić information content (AvgIpc) is 2.74. The summed E-state index contributed by atoms with van der Waals surface area (Å²) < 4.78 is 8.90. The second-order valence-electron chi connectivity index (χ2n) is 7.53. The Morgan fingerprint density at radius 2 is 1.36 bits per heavy atom. The monoisotopic (exact) mass is 368 g/mol. The molecule has 2 nitrogen and oxygen atoms in total. The summed E-state index contributed by atoms with van der Waals surface area (Å²) in [5.41, 5.74) is 4.70. The van der Waals surface area contributed by atoms with E-state index in [1.165, 1.54) is 11.1 Å². The molecule has 28 heavy (non-hydrogen) atoms. The molecule has 0 aliphatic carbocycles. The summed E-state index contributed by atoms with van der Waals surface area (Å²) in [5.74, 6) is 1.81. The molecule has 0 saturated carbocycles. The summed E-state index contributed by atoms with van der Waals surface area (Å²) in [7, 11) is 0. The van der Waals surface area contributed by atoms with Crippen LogP contribution in [0.4, 0.5) is 0 Å². The molecule has 0 N–H and O–H groups in total. The van der Waals surface area contributed by atoms with Crippen LogP contribution in [0.25, 0.3) is 5.76 Å². The lowest BCUT2D eigenvalue weighted by atomic mass is 10.00. The maximum Gasteiger partial charge on any atom is 0.376 e. The van der Waals surface area contributed by atoms with Gasteiger partial charge in [0.1, 0.15) is 5.76 Å². The van der Waals surface area contributed by atoms with E-state index in [1.54, 1.807) is 0 Å². The van der Waals surface area contributed by atoms with E-state index in [-0.39, 0.29) is 12.1 Å². The molecule has 2 heteroatoms. The van der Waals surface area contributed by atoms with E-state index in [1.807, 2.05) is 6.07 Å². The second kappa shape index (κ2) is 7.85. The van der Waals surface area contributed by atoms with Crippen LogP contribution in [0.5, 0.6) is 0 Å². The van der Waals surface area contributed by atoms with Crippen LogP contribution in [0.3, 0.4) is 0 Å². The van der Waals surface area contributed by atoms with Crippen molar-refractivity contribution >= 4 is 11.7 Å². The van der Waals surface area contributed by atoms with Gasteiger partial charge in [-0.15, -0.1) is 0 Å². The van der Waals surface area contributed by atoms with Gasteiger partial charge in [-0.2, -0.15) is 4.58 Å². The number of hydrogen-bond donors (Lipinski definition) is 0. The summed E-state index contributed by atoms with van der Waals surface area (Å²) in [6.45, 7) is 6.54. The molecule has 0 fully saturated rings. The normalized spacial score (nSPS) is 16.7. The van der Waals surface area contributed by atoms with Gasteiger partial charge >= 0.3 is 5.90 Å². The van der Waals surface area contributed by atoms with Gasteiger partial charge in [-0.05, 0) is 32.9 Å². The van der Waals surface area contributed by atoms with Crippen LogP contribution >= 0.6 is 0 Å². The number of rotatable bonds is 4. The van der Waals surface area contributed by atoms with Gasteiger partial charge in [0.05, 0.1) is 5.56 Å². The highest BCUT2D eigenvalue weighted by molar-refractivity contribution is 5.94. The Kier molecular flexibility index (Phi) is 5.12. The fourth-order valence-corrected chi connectivity index (χ4v) is 3.67. The van der Waals surface area contributed by atoms with E-state index in [4.69, 9.17) is 4.74 Å². The average molecular weight is 369 g/mol. The molecule has 1 unspecified atom stereocenters.